The second kappa shape index (κ2) is 4.08. The molecule has 4 rings (SSSR count). The molecule has 1 aromatic carbocycles. The Labute approximate surface area is 117 Å². The largest absolute Gasteiger partial charge is 0.449 e. The number of fused-ring (bicyclic) bond motifs is 2. The van der Waals surface area contributed by atoms with E-state index >= 15 is 0 Å². The van der Waals surface area contributed by atoms with E-state index in [9.17, 15) is 9.59 Å². The van der Waals surface area contributed by atoms with Crippen molar-refractivity contribution in [1.82, 2.24) is 4.90 Å². The average Bonchev–Trinajstić information content (AvgIpc) is 3.28. The Morgan fingerprint density at radius 2 is 2.10 bits per heavy atom. The molecule has 2 aliphatic heterocycles. The smallest absolute Gasteiger partial charge is 0.339 e. The maximum Gasteiger partial charge on any atom is 0.339 e. The van der Waals surface area contributed by atoms with E-state index in [4.69, 9.17) is 4.74 Å². The number of esters is 1. The summed E-state index contributed by atoms with van der Waals surface area (Å²) in [7, 11) is 0. The molecule has 1 aromatic rings. The zero-order chi connectivity index (χ0) is 13.7. The molecule has 1 aliphatic carbocycles. The lowest BCUT2D eigenvalue weighted by molar-refractivity contribution is -0.140. The van der Waals surface area contributed by atoms with Crippen molar-refractivity contribution in [1.29, 1.82) is 0 Å². The molecule has 1 amide bonds. The van der Waals surface area contributed by atoms with Crippen LogP contribution in [0.5, 0.6) is 0 Å². The Kier molecular flexibility index (Phi) is 2.43. The summed E-state index contributed by atoms with van der Waals surface area (Å²) in [5.74, 6) is 0.211. The van der Waals surface area contributed by atoms with Gasteiger partial charge in [-0.1, -0.05) is 18.2 Å². The molecule has 0 bridgehead atoms. The van der Waals surface area contributed by atoms with Crippen LogP contribution in [0, 0.1) is 5.92 Å². The van der Waals surface area contributed by atoms with Gasteiger partial charge in [0, 0.05) is 18.0 Å². The van der Waals surface area contributed by atoms with Gasteiger partial charge in [-0.25, -0.2) is 4.79 Å². The summed E-state index contributed by atoms with van der Waals surface area (Å²) in [4.78, 5) is 26.2. The van der Waals surface area contributed by atoms with Crippen molar-refractivity contribution in [2.24, 2.45) is 5.92 Å². The van der Waals surface area contributed by atoms with E-state index in [-0.39, 0.29) is 17.8 Å². The number of piperidine rings is 1. The van der Waals surface area contributed by atoms with Gasteiger partial charge in [0.05, 0.1) is 12.1 Å². The Balaban J connectivity index is 1.67. The molecule has 1 spiro atoms. The van der Waals surface area contributed by atoms with Gasteiger partial charge in [-0.2, -0.15) is 0 Å². The molecule has 2 heterocycles. The Morgan fingerprint density at radius 3 is 2.90 bits per heavy atom. The van der Waals surface area contributed by atoms with Crippen molar-refractivity contribution in [2.75, 3.05) is 13.1 Å². The number of carbonyl (C=O) groups is 2. The van der Waals surface area contributed by atoms with E-state index in [0.29, 0.717) is 12.1 Å². The summed E-state index contributed by atoms with van der Waals surface area (Å²) in [6, 6.07) is 7.57. The van der Waals surface area contributed by atoms with Crippen LogP contribution >= 0.6 is 0 Å². The lowest BCUT2D eigenvalue weighted by Crippen LogP contribution is -2.49. The molecular formula is C16H17NO3. The summed E-state index contributed by atoms with van der Waals surface area (Å²) in [6.45, 7) is 1.31. The van der Waals surface area contributed by atoms with Crippen molar-refractivity contribution < 1.29 is 14.3 Å². The Bertz CT molecular complexity index is 593. The van der Waals surface area contributed by atoms with Gasteiger partial charge < -0.3 is 9.64 Å². The van der Waals surface area contributed by atoms with Crippen LogP contribution in [0.4, 0.5) is 0 Å². The Hall–Kier alpha value is -1.84. The second-order valence-corrected chi connectivity index (χ2v) is 6.07. The van der Waals surface area contributed by atoms with Crippen LogP contribution in [0.25, 0.3) is 0 Å². The van der Waals surface area contributed by atoms with Gasteiger partial charge in [-0.3, -0.25) is 4.79 Å². The first-order valence-electron chi connectivity index (χ1n) is 7.31. The fourth-order valence-electron chi connectivity index (χ4n) is 3.45. The number of hydrogen-bond donors (Lipinski definition) is 0. The van der Waals surface area contributed by atoms with E-state index in [1.54, 1.807) is 0 Å². The molecule has 1 saturated heterocycles. The third kappa shape index (κ3) is 1.67. The standard InChI is InChI=1S/C16H17NO3/c18-14(11-6-7-11)17-9-3-8-16(10-17)13-5-2-1-4-12(13)15(19)20-16/h1-2,4-5,11H,3,6-10H2. The molecule has 0 radical (unpaired) electrons. The predicted molar refractivity (Wildman–Crippen MR) is 72.1 cm³/mol. The molecule has 2 fully saturated rings. The number of benzene rings is 1. The summed E-state index contributed by atoms with van der Waals surface area (Å²) < 4.78 is 5.71. The van der Waals surface area contributed by atoms with Gasteiger partial charge >= 0.3 is 5.97 Å². The minimum Gasteiger partial charge on any atom is -0.449 e. The SMILES string of the molecule is O=C1OC2(CCCN(C(=O)C3CC3)C2)c2ccccc21. The number of rotatable bonds is 1. The molecule has 0 N–H and O–H groups in total. The van der Waals surface area contributed by atoms with E-state index < -0.39 is 5.60 Å². The monoisotopic (exact) mass is 271 g/mol. The highest BCUT2D eigenvalue weighted by Gasteiger charge is 2.49. The molecular weight excluding hydrogens is 254 g/mol. The number of hydrogen-bond acceptors (Lipinski definition) is 3. The van der Waals surface area contributed by atoms with Crippen molar-refractivity contribution >= 4 is 11.9 Å². The number of nitrogens with zero attached hydrogens (tertiary/aromatic N) is 1. The normalized spacial score (nSPS) is 28.4. The number of carbonyl (C=O) groups excluding carboxylic acids is 2. The van der Waals surface area contributed by atoms with E-state index in [2.05, 4.69) is 0 Å². The number of ether oxygens (including phenoxy) is 1. The highest BCUT2D eigenvalue weighted by atomic mass is 16.6. The van der Waals surface area contributed by atoms with Crippen molar-refractivity contribution in [2.45, 2.75) is 31.3 Å². The lowest BCUT2D eigenvalue weighted by Gasteiger charge is -2.39. The zero-order valence-corrected chi connectivity index (χ0v) is 11.3. The Morgan fingerprint density at radius 1 is 1.30 bits per heavy atom. The molecule has 1 unspecified atom stereocenters. The molecule has 4 heteroatoms. The van der Waals surface area contributed by atoms with Crippen LogP contribution in [0.2, 0.25) is 0 Å². The van der Waals surface area contributed by atoms with Gasteiger partial charge in [-0.15, -0.1) is 0 Å². The van der Waals surface area contributed by atoms with Gasteiger partial charge in [0.2, 0.25) is 5.91 Å². The van der Waals surface area contributed by atoms with Gasteiger partial charge in [0.1, 0.15) is 0 Å². The van der Waals surface area contributed by atoms with Gasteiger partial charge in [-0.05, 0) is 31.7 Å². The van der Waals surface area contributed by atoms with Crippen LogP contribution in [0.1, 0.15) is 41.6 Å². The van der Waals surface area contributed by atoms with Crippen LogP contribution in [0.3, 0.4) is 0 Å². The fourth-order valence-corrected chi connectivity index (χ4v) is 3.45. The summed E-state index contributed by atoms with van der Waals surface area (Å²) in [5.41, 5.74) is 1.02. The van der Waals surface area contributed by atoms with Crippen molar-refractivity contribution in [3.05, 3.63) is 35.4 Å². The minimum absolute atomic E-state index is 0.220. The summed E-state index contributed by atoms with van der Waals surface area (Å²) >= 11 is 0. The second-order valence-electron chi connectivity index (χ2n) is 6.07. The van der Waals surface area contributed by atoms with Gasteiger partial charge in [0.15, 0.2) is 5.60 Å². The van der Waals surface area contributed by atoms with Crippen LogP contribution in [-0.2, 0) is 15.1 Å². The molecule has 20 heavy (non-hydrogen) atoms. The average molecular weight is 271 g/mol. The highest BCUT2D eigenvalue weighted by Crippen LogP contribution is 2.43. The zero-order valence-electron chi connectivity index (χ0n) is 11.3. The number of likely N-dealkylation sites (tertiary alicyclic amines) is 1. The first-order valence-corrected chi connectivity index (χ1v) is 7.31. The van der Waals surface area contributed by atoms with Crippen LogP contribution < -0.4 is 0 Å². The summed E-state index contributed by atoms with van der Waals surface area (Å²) in [6.07, 6.45) is 3.72. The molecule has 0 aromatic heterocycles. The van der Waals surface area contributed by atoms with Crippen LogP contribution in [0.15, 0.2) is 24.3 Å². The first kappa shape index (κ1) is 11.9. The van der Waals surface area contributed by atoms with E-state index in [1.807, 2.05) is 29.2 Å². The maximum atomic E-state index is 12.3. The maximum absolute atomic E-state index is 12.3. The summed E-state index contributed by atoms with van der Waals surface area (Å²) in [5, 5.41) is 0. The van der Waals surface area contributed by atoms with Gasteiger partial charge in [0.25, 0.3) is 0 Å². The molecule has 4 nitrogen and oxygen atoms in total. The van der Waals surface area contributed by atoms with Crippen LogP contribution in [-0.4, -0.2) is 29.9 Å². The third-order valence-electron chi connectivity index (χ3n) is 4.62. The minimum atomic E-state index is -0.601. The van der Waals surface area contributed by atoms with Crippen molar-refractivity contribution in [3.8, 4) is 0 Å². The first-order chi connectivity index (χ1) is 9.70. The quantitative estimate of drug-likeness (QED) is 0.735. The highest BCUT2D eigenvalue weighted by molar-refractivity contribution is 5.95. The predicted octanol–water partition coefficient (Wildman–Crippen LogP) is 2.08. The topological polar surface area (TPSA) is 46.6 Å². The van der Waals surface area contributed by atoms with E-state index in [1.165, 1.54) is 0 Å². The number of amides is 1. The van der Waals surface area contributed by atoms with Crippen molar-refractivity contribution in [3.63, 3.8) is 0 Å². The van der Waals surface area contributed by atoms with E-state index in [0.717, 1.165) is 37.8 Å². The lowest BCUT2D eigenvalue weighted by atomic mass is 9.85. The molecule has 3 aliphatic rings. The molecule has 1 atom stereocenters. The fraction of sp³-hybridized carbons (Fsp3) is 0.500. The molecule has 104 valence electrons. The third-order valence-corrected chi connectivity index (χ3v) is 4.62. The molecule has 1 saturated carbocycles.